The fourth-order valence-electron chi connectivity index (χ4n) is 1.97. The number of nitriles is 1. The van der Waals surface area contributed by atoms with Crippen LogP contribution in [-0.4, -0.2) is 26.8 Å². The van der Waals surface area contributed by atoms with Crippen LogP contribution in [0.3, 0.4) is 0 Å². The second-order valence-corrected chi connectivity index (χ2v) is 6.05. The maximum Gasteiger partial charge on any atom is 0.259 e. The lowest BCUT2D eigenvalue weighted by atomic mass is 10.2. The molecule has 1 aromatic carbocycles. The van der Waals surface area contributed by atoms with Crippen molar-refractivity contribution >= 4 is 23.4 Å². The number of aryl methyl sites for hydroxylation is 1. The lowest BCUT2D eigenvalue weighted by molar-refractivity contribution is -0.113. The second-order valence-electron chi connectivity index (χ2n) is 5.06. The lowest BCUT2D eigenvalue weighted by Crippen LogP contribution is -2.14. The van der Waals surface area contributed by atoms with E-state index in [1.807, 2.05) is 12.1 Å². The van der Waals surface area contributed by atoms with Crippen molar-refractivity contribution in [2.75, 3.05) is 11.1 Å². The van der Waals surface area contributed by atoms with E-state index in [9.17, 15) is 4.79 Å². The molecule has 0 fully saturated rings. The van der Waals surface area contributed by atoms with Crippen LogP contribution in [0.1, 0.15) is 11.4 Å². The molecule has 3 aromatic rings. The maximum atomic E-state index is 12.0. The molecule has 1 amide bonds. The van der Waals surface area contributed by atoms with Crippen LogP contribution < -0.4 is 5.32 Å². The summed E-state index contributed by atoms with van der Waals surface area (Å²) in [6.07, 6.45) is 1.63. The Hall–Kier alpha value is -3.18. The first-order valence-corrected chi connectivity index (χ1v) is 8.32. The highest BCUT2D eigenvalue weighted by Gasteiger charge is 2.08. The minimum atomic E-state index is -0.145. The van der Waals surface area contributed by atoms with Gasteiger partial charge in [0.2, 0.25) is 5.91 Å². The van der Waals surface area contributed by atoms with Crippen LogP contribution >= 0.6 is 11.8 Å². The van der Waals surface area contributed by atoms with Gasteiger partial charge in [-0.15, -0.1) is 0 Å². The third-order valence-electron chi connectivity index (χ3n) is 3.16. The van der Waals surface area contributed by atoms with E-state index in [0.717, 1.165) is 10.6 Å². The Bertz CT molecular complexity index is 913. The molecule has 0 saturated carbocycles. The first-order valence-electron chi connectivity index (χ1n) is 7.33. The van der Waals surface area contributed by atoms with E-state index in [4.69, 9.17) is 9.78 Å². The number of hydrogen-bond acceptors (Lipinski definition) is 7. The molecular formula is C17H13N5O2S. The topological polar surface area (TPSA) is 105 Å². The minimum Gasteiger partial charge on any atom is -0.334 e. The molecule has 0 atom stereocenters. The number of anilines is 1. The summed E-state index contributed by atoms with van der Waals surface area (Å²) < 4.78 is 5.08. The van der Waals surface area contributed by atoms with Gasteiger partial charge < -0.3 is 9.84 Å². The van der Waals surface area contributed by atoms with Crippen LogP contribution in [0.25, 0.3) is 11.5 Å². The molecule has 0 aliphatic heterocycles. The summed E-state index contributed by atoms with van der Waals surface area (Å²) in [4.78, 5) is 20.4. The summed E-state index contributed by atoms with van der Waals surface area (Å²) in [5, 5.41) is 16.0. The number of carbonyl (C=O) groups is 1. The highest BCUT2D eigenvalue weighted by atomic mass is 32.2. The first-order chi connectivity index (χ1) is 12.1. The molecular weight excluding hydrogens is 338 g/mol. The zero-order chi connectivity index (χ0) is 17.6. The molecule has 124 valence electrons. The molecule has 7 nitrogen and oxygen atoms in total. The van der Waals surface area contributed by atoms with Gasteiger partial charge >= 0.3 is 0 Å². The number of aromatic nitrogens is 3. The van der Waals surface area contributed by atoms with Gasteiger partial charge in [-0.3, -0.25) is 4.79 Å². The molecule has 25 heavy (non-hydrogen) atoms. The molecule has 0 bridgehead atoms. The van der Waals surface area contributed by atoms with Crippen molar-refractivity contribution in [3.63, 3.8) is 0 Å². The number of rotatable bonds is 5. The van der Waals surface area contributed by atoms with Gasteiger partial charge in [-0.2, -0.15) is 10.2 Å². The normalized spacial score (nSPS) is 10.2. The summed E-state index contributed by atoms with van der Waals surface area (Å²) in [7, 11) is 0. The zero-order valence-corrected chi connectivity index (χ0v) is 14.1. The molecule has 2 aromatic heterocycles. The third-order valence-corrected chi connectivity index (χ3v) is 4.10. The van der Waals surface area contributed by atoms with Crippen LogP contribution in [0.4, 0.5) is 5.69 Å². The number of thioether (sulfide) groups is 1. The van der Waals surface area contributed by atoms with Gasteiger partial charge in [0, 0.05) is 11.9 Å². The van der Waals surface area contributed by atoms with E-state index in [0.29, 0.717) is 23.0 Å². The Morgan fingerprint density at radius 1 is 1.28 bits per heavy atom. The third kappa shape index (κ3) is 4.43. The van der Waals surface area contributed by atoms with Crippen LogP contribution in [-0.2, 0) is 4.79 Å². The number of amides is 1. The molecule has 0 unspecified atom stereocenters. The van der Waals surface area contributed by atoms with Crippen LogP contribution in [0, 0.1) is 18.3 Å². The average molecular weight is 351 g/mol. The number of hydrogen-bond donors (Lipinski definition) is 1. The number of benzene rings is 1. The highest BCUT2D eigenvalue weighted by Crippen LogP contribution is 2.21. The lowest BCUT2D eigenvalue weighted by Gasteiger charge is -2.05. The van der Waals surface area contributed by atoms with Crippen molar-refractivity contribution in [2.24, 2.45) is 0 Å². The molecule has 3 rings (SSSR count). The smallest absolute Gasteiger partial charge is 0.259 e. The van der Waals surface area contributed by atoms with Crippen molar-refractivity contribution in [3.8, 4) is 17.5 Å². The van der Waals surface area contributed by atoms with E-state index in [1.54, 1.807) is 43.5 Å². The van der Waals surface area contributed by atoms with Crippen molar-refractivity contribution in [2.45, 2.75) is 11.9 Å². The Morgan fingerprint density at radius 2 is 2.08 bits per heavy atom. The Kier molecular flexibility index (Phi) is 5.06. The van der Waals surface area contributed by atoms with Gasteiger partial charge in [-0.1, -0.05) is 16.9 Å². The van der Waals surface area contributed by atoms with Crippen molar-refractivity contribution in [1.82, 2.24) is 15.1 Å². The van der Waals surface area contributed by atoms with E-state index < -0.39 is 0 Å². The quantitative estimate of drug-likeness (QED) is 0.704. The van der Waals surface area contributed by atoms with Gasteiger partial charge in [-0.25, -0.2) is 4.98 Å². The monoisotopic (exact) mass is 351 g/mol. The van der Waals surface area contributed by atoms with Gasteiger partial charge in [0.15, 0.2) is 5.82 Å². The largest absolute Gasteiger partial charge is 0.334 e. The molecule has 8 heteroatoms. The summed E-state index contributed by atoms with van der Waals surface area (Å²) >= 11 is 1.32. The summed E-state index contributed by atoms with van der Waals surface area (Å²) in [6, 6.07) is 12.4. The van der Waals surface area contributed by atoms with Crippen LogP contribution in [0.15, 0.2) is 52.1 Å². The minimum absolute atomic E-state index is 0.145. The predicted octanol–water partition coefficient (Wildman–Crippen LogP) is 3.04. The van der Waals surface area contributed by atoms with Crippen molar-refractivity contribution in [3.05, 3.63) is 54.0 Å². The molecule has 0 saturated heterocycles. The first kappa shape index (κ1) is 16.7. The van der Waals surface area contributed by atoms with Crippen LogP contribution in [0.2, 0.25) is 0 Å². The molecule has 1 N–H and O–H groups in total. The number of nitrogens with one attached hydrogen (secondary N) is 1. The molecule has 0 spiro atoms. The van der Waals surface area contributed by atoms with E-state index in [-0.39, 0.29) is 11.7 Å². The Morgan fingerprint density at radius 3 is 2.68 bits per heavy atom. The maximum absolute atomic E-state index is 12.0. The van der Waals surface area contributed by atoms with E-state index in [2.05, 4.69) is 20.4 Å². The number of carbonyl (C=O) groups excluding carboxylic acids is 1. The Balaban J connectivity index is 1.54. The zero-order valence-electron chi connectivity index (χ0n) is 13.3. The SMILES string of the molecule is Cc1noc(-c2ccc(SCC(=O)Nc3ccc(C#N)cc3)nc2)n1. The van der Waals surface area contributed by atoms with Crippen molar-refractivity contribution < 1.29 is 9.32 Å². The number of pyridine rings is 1. The average Bonchev–Trinajstić information content (AvgIpc) is 3.07. The molecule has 0 aliphatic rings. The standard InChI is InChI=1S/C17H13N5O2S/c1-11-20-17(24-22-11)13-4-7-16(19-9-13)25-10-15(23)21-14-5-2-12(8-18)3-6-14/h2-7,9H,10H2,1H3,(H,21,23). The fourth-order valence-corrected chi connectivity index (χ4v) is 2.61. The molecule has 0 radical (unpaired) electrons. The van der Waals surface area contributed by atoms with Gasteiger partial charge in [0.25, 0.3) is 5.89 Å². The van der Waals surface area contributed by atoms with Crippen molar-refractivity contribution in [1.29, 1.82) is 5.26 Å². The van der Waals surface area contributed by atoms with Gasteiger partial charge in [0.1, 0.15) is 0 Å². The summed E-state index contributed by atoms with van der Waals surface area (Å²) in [5.74, 6) is 1.06. The van der Waals surface area contributed by atoms with Gasteiger partial charge in [0.05, 0.1) is 28.0 Å². The van der Waals surface area contributed by atoms with Crippen LogP contribution in [0.5, 0.6) is 0 Å². The second kappa shape index (κ2) is 7.59. The predicted molar refractivity (Wildman–Crippen MR) is 92.8 cm³/mol. The van der Waals surface area contributed by atoms with E-state index >= 15 is 0 Å². The number of nitrogens with zero attached hydrogens (tertiary/aromatic N) is 4. The molecule has 0 aliphatic carbocycles. The summed E-state index contributed by atoms with van der Waals surface area (Å²) in [6.45, 7) is 1.75. The highest BCUT2D eigenvalue weighted by molar-refractivity contribution is 7.99. The van der Waals surface area contributed by atoms with Gasteiger partial charge in [-0.05, 0) is 43.3 Å². The van der Waals surface area contributed by atoms with E-state index in [1.165, 1.54) is 11.8 Å². The summed E-state index contributed by atoms with van der Waals surface area (Å²) in [5.41, 5.74) is 1.93. The fraction of sp³-hybridized carbons (Fsp3) is 0.118. The Labute approximate surface area is 148 Å². The molecule has 2 heterocycles.